The molecule has 18 heavy (non-hydrogen) atoms. The first-order valence-corrected chi connectivity index (χ1v) is 6.36. The molecule has 0 bridgehead atoms. The van der Waals surface area contributed by atoms with Crippen LogP contribution in [0.25, 0.3) is 11.1 Å². The molecule has 1 N–H and O–H groups in total. The van der Waals surface area contributed by atoms with Gasteiger partial charge in [-0.1, -0.05) is 41.9 Å². The van der Waals surface area contributed by atoms with Gasteiger partial charge in [-0.3, -0.25) is 0 Å². The standard InChI is InChI=1S/C14H10ClNOS/c15-11-8-12-13(17-14(18)16-12)7-10(11)6-9-4-2-1-3-5-9/h1-5,7-8H,6H2,(H,16,18). The molecule has 0 unspecified atom stereocenters. The summed E-state index contributed by atoms with van der Waals surface area (Å²) >= 11 is 11.2. The molecule has 0 atom stereocenters. The van der Waals surface area contributed by atoms with Crippen molar-refractivity contribution >= 4 is 34.9 Å². The Labute approximate surface area is 114 Å². The molecule has 0 aliphatic heterocycles. The fraction of sp³-hybridized carbons (Fsp3) is 0.0714. The molecule has 90 valence electrons. The lowest BCUT2D eigenvalue weighted by Gasteiger charge is -2.04. The van der Waals surface area contributed by atoms with Gasteiger partial charge in [-0.05, 0) is 41.9 Å². The van der Waals surface area contributed by atoms with Crippen LogP contribution >= 0.6 is 23.8 Å². The summed E-state index contributed by atoms with van der Waals surface area (Å²) in [5, 5.41) is 0.721. The Kier molecular flexibility index (Phi) is 2.94. The number of oxazole rings is 1. The molecule has 4 heteroatoms. The molecule has 0 spiro atoms. The first-order valence-electron chi connectivity index (χ1n) is 5.57. The van der Waals surface area contributed by atoms with E-state index in [9.17, 15) is 0 Å². The van der Waals surface area contributed by atoms with Crippen LogP contribution in [0, 0.1) is 4.84 Å². The predicted octanol–water partition coefficient (Wildman–Crippen LogP) is 4.73. The molecule has 2 aromatic carbocycles. The second-order valence-electron chi connectivity index (χ2n) is 4.12. The van der Waals surface area contributed by atoms with Crippen molar-refractivity contribution in [2.24, 2.45) is 0 Å². The van der Waals surface area contributed by atoms with E-state index in [1.54, 1.807) is 0 Å². The smallest absolute Gasteiger partial charge is 0.266 e. The Bertz CT molecular complexity index is 745. The molecule has 0 fully saturated rings. The number of hydrogen-bond donors (Lipinski definition) is 1. The average Bonchev–Trinajstić information content (AvgIpc) is 2.70. The van der Waals surface area contributed by atoms with E-state index in [1.165, 1.54) is 5.56 Å². The van der Waals surface area contributed by atoms with Crippen molar-refractivity contribution in [2.45, 2.75) is 6.42 Å². The molecule has 3 aromatic rings. The van der Waals surface area contributed by atoms with Crippen LogP contribution in [0.5, 0.6) is 0 Å². The third-order valence-electron chi connectivity index (χ3n) is 2.83. The monoisotopic (exact) mass is 275 g/mol. The third kappa shape index (κ3) is 2.19. The molecular formula is C14H10ClNOS. The summed E-state index contributed by atoms with van der Waals surface area (Å²) in [6.45, 7) is 0. The number of hydrogen-bond acceptors (Lipinski definition) is 2. The van der Waals surface area contributed by atoms with Crippen LogP contribution < -0.4 is 0 Å². The molecule has 0 amide bonds. The van der Waals surface area contributed by atoms with Gasteiger partial charge in [0, 0.05) is 5.02 Å². The number of aromatic amines is 1. The van der Waals surface area contributed by atoms with E-state index in [-0.39, 0.29) is 0 Å². The Morgan fingerprint density at radius 2 is 1.94 bits per heavy atom. The van der Waals surface area contributed by atoms with Crippen molar-refractivity contribution in [3.05, 3.63) is 63.5 Å². The van der Waals surface area contributed by atoms with Gasteiger partial charge < -0.3 is 9.40 Å². The number of aromatic nitrogens is 1. The number of nitrogens with one attached hydrogen (secondary N) is 1. The van der Waals surface area contributed by atoms with Crippen molar-refractivity contribution in [1.29, 1.82) is 0 Å². The van der Waals surface area contributed by atoms with Crippen LogP contribution in [0.2, 0.25) is 5.02 Å². The minimum Gasteiger partial charge on any atom is -0.429 e. The van der Waals surface area contributed by atoms with E-state index in [2.05, 4.69) is 17.1 Å². The molecule has 0 radical (unpaired) electrons. The van der Waals surface area contributed by atoms with Gasteiger partial charge in [0.15, 0.2) is 5.58 Å². The van der Waals surface area contributed by atoms with Crippen molar-refractivity contribution in [2.75, 3.05) is 0 Å². The first kappa shape index (κ1) is 11.5. The van der Waals surface area contributed by atoms with Crippen molar-refractivity contribution in [1.82, 2.24) is 4.98 Å². The quantitative estimate of drug-likeness (QED) is 0.685. The van der Waals surface area contributed by atoms with Gasteiger partial charge in [-0.15, -0.1) is 0 Å². The largest absolute Gasteiger partial charge is 0.429 e. The number of fused-ring (bicyclic) bond motifs is 1. The van der Waals surface area contributed by atoms with Gasteiger partial charge in [0.2, 0.25) is 0 Å². The lowest BCUT2D eigenvalue weighted by atomic mass is 10.0. The van der Waals surface area contributed by atoms with Crippen molar-refractivity contribution in [3.63, 3.8) is 0 Å². The number of benzene rings is 2. The molecular weight excluding hydrogens is 266 g/mol. The maximum absolute atomic E-state index is 6.27. The normalized spacial score (nSPS) is 10.9. The Balaban J connectivity index is 2.06. The fourth-order valence-corrected chi connectivity index (χ4v) is 2.39. The number of H-pyrrole nitrogens is 1. The summed E-state index contributed by atoms with van der Waals surface area (Å²) in [4.78, 5) is 3.33. The molecule has 3 rings (SSSR count). The average molecular weight is 276 g/mol. The Morgan fingerprint density at radius 1 is 1.17 bits per heavy atom. The van der Waals surface area contributed by atoms with E-state index in [4.69, 9.17) is 28.2 Å². The highest BCUT2D eigenvalue weighted by Gasteiger charge is 2.07. The Hall–Kier alpha value is -1.58. The van der Waals surface area contributed by atoms with E-state index in [1.807, 2.05) is 30.3 Å². The summed E-state index contributed by atoms with van der Waals surface area (Å²) in [6.07, 6.45) is 0.781. The van der Waals surface area contributed by atoms with E-state index in [0.29, 0.717) is 4.84 Å². The lowest BCUT2D eigenvalue weighted by Crippen LogP contribution is -1.89. The van der Waals surface area contributed by atoms with E-state index < -0.39 is 0 Å². The van der Waals surface area contributed by atoms with Gasteiger partial charge >= 0.3 is 0 Å². The second-order valence-corrected chi connectivity index (χ2v) is 4.89. The predicted molar refractivity (Wildman–Crippen MR) is 75.7 cm³/mol. The van der Waals surface area contributed by atoms with Gasteiger partial charge in [0.25, 0.3) is 4.84 Å². The van der Waals surface area contributed by atoms with Gasteiger partial charge in [0.1, 0.15) is 0 Å². The molecule has 2 nitrogen and oxygen atoms in total. The number of halogens is 1. The van der Waals surface area contributed by atoms with E-state index in [0.717, 1.165) is 28.1 Å². The third-order valence-corrected chi connectivity index (χ3v) is 3.36. The molecule has 0 saturated carbocycles. The molecule has 0 aliphatic rings. The van der Waals surface area contributed by atoms with Crippen LogP contribution in [0.4, 0.5) is 0 Å². The first-order chi connectivity index (χ1) is 8.72. The lowest BCUT2D eigenvalue weighted by molar-refractivity contribution is 0.583. The number of rotatable bonds is 2. The van der Waals surface area contributed by atoms with Crippen LogP contribution in [-0.2, 0) is 6.42 Å². The Morgan fingerprint density at radius 3 is 2.72 bits per heavy atom. The zero-order chi connectivity index (χ0) is 12.5. The van der Waals surface area contributed by atoms with Crippen LogP contribution in [-0.4, -0.2) is 4.98 Å². The molecule has 1 heterocycles. The summed E-state index contributed by atoms with van der Waals surface area (Å²) in [7, 11) is 0. The fourth-order valence-electron chi connectivity index (χ4n) is 1.96. The molecule has 1 aromatic heterocycles. The SMILES string of the molecule is S=c1[nH]c2cc(Cl)c(Cc3ccccc3)cc2o1. The zero-order valence-corrected chi connectivity index (χ0v) is 11.0. The molecule has 0 aliphatic carbocycles. The highest BCUT2D eigenvalue weighted by Crippen LogP contribution is 2.25. The summed E-state index contributed by atoms with van der Waals surface area (Å²) in [5.74, 6) is 0. The van der Waals surface area contributed by atoms with E-state index >= 15 is 0 Å². The highest BCUT2D eigenvalue weighted by molar-refractivity contribution is 7.71. The second kappa shape index (κ2) is 4.59. The minimum absolute atomic E-state index is 0.373. The van der Waals surface area contributed by atoms with Gasteiger partial charge in [-0.2, -0.15) is 0 Å². The van der Waals surface area contributed by atoms with Crippen LogP contribution in [0.3, 0.4) is 0 Å². The van der Waals surface area contributed by atoms with Crippen LogP contribution in [0.15, 0.2) is 46.9 Å². The zero-order valence-electron chi connectivity index (χ0n) is 9.44. The van der Waals surface area contributed by atoms with Gasteiger partial charge in [0.05, 0.1) is 5.52 Å². The maximum atomic E-state index is 6.27. The highest BCUT2D eigenvalue weighted by atomic mass is 35.5. The minimum atomic E-state index is 0.373. The summed E-state index contributed by atoms with van der Waals surface area (Å²) in [5.41, 5.74) is 3.83. The van der Waals surface area contributed by atoms with Crippen LogP contribution in [0.1, 0.15) is 11.1 Å². The maximum Gasteiger partial charge on any atom is 0.266 e. The summed E-state index contributed by atoms with van der Waals surface area (Å²) < 4.78 is 5.40. The molecule has 0 saturated heterocycles. The van der Waals surface area contributed by atoms with Gasteiger partial charge in [-0.25, -0.2) is 0 Å². The topological polar surface area (TPSA) is 28.9 Å². The van der Waals surface area contributed by atoms with Crippen molar-refractivity contribution < 1.29 is 4.42 Å². The van der Waals surface area contributed by atoms with Crippen molar-refractivity contribution in [3.8, 4) is 0 Å². The summed E-state index contributed by atoms with van der Waals surface area (Å²) in [6, 6.07) is 14.0.